The van der Waals surface area contributed by atoms with E-state index in [2.05, 4.69) is 25.7 Å². The average molecular weight is 296 g/mol. The summed E-state index contributed by atoms with van der Waals surface area (Å²) in [5, 5.41) is 0.737. The Balaban J connectivity index is 2.54. The Morgan fingerprint density at radius 1 is 1.50 bits per heavy atom. The number of fused-ring (bicyclic) bond motifs is 1. The molecule has 0 saturated carbocycles. The van der Waals surface area contributed by atoms with Crippen molar-refractivity contribution < 1.29 is 9.53 Å². The van der Waals surface area contributed by atoms with Gasteiger partial charge in [0.25, 0.3) is 0 Å². The molecule has 0 amide bonds. The SMILES string of the molecule is COC(=O)[C@H](C)N1c2ccc(Cl)cc2[C@@H](C)CC1(C)C. The zero-order valence-electron chi connectivity index (χ0n) is 12.7. The van der Waals surface area contributed by atoms with E-state index in [1.54, 1.807) is 0 Å². The second-order valence-corrected chi connectivity index (χ2v) is 6.63. The number of hydrogen-bond acceptors (Lipinski definition) is 3. The Bertz CT molecular complexity index is 527. The van der Waals surface area contributed by atoms with E-state index in [4.69, 9.17) is 16.3 Å². The van der Waals surface area contributed by atoms with Crippen LogP contribution in [0.2, 0.25) is 5.02 Å². The predicted octanol–water partition coefficient (Wildman–Crippen LogP) is 3.99. The molecule has 0 radical (unpaired) electrons. The number of benzene rings is 1. The molecule has 1 aromatic rings. The van der Waals surface area contributed by atoms with E-state index in [0.29, 0.717) is 5.92 Å². The number of nitrogens with zero attached hydrogens (tertiary/aromatic N) is 1. The Kier molecular flexibility index (Phi) is 4.01. The summed E-state index contributed by atoms with van der Waals surface area (Å²) >= 11 is 6.12. The van der Waals surface area contributed by atoms with Crippen LogP contribution < -0.4 is 4.90 Å². The van der Waals surface area contributed by atoms with Gasteiger partial charge in [-0.2, -0.15) is 0 Å². The molecule has 0 N–H and O–H groups in total. The zero-order chi connectivity index (χ0) is 15.1. The third-order valence-corrected chi connectivity index (χ3v) is 4.40. The van der Waals surface area contributed by atoms with Gasteiger partial charge in [-0.3, -0.25) is 0 Å². The predicted molar refractivity (Wildman–Crippen MR) is 82.5 cm³/mol. The minimum atomic E-state index is -0.317. The molecule has 20 heavy (non-hydrogen) atoms. The maximum absolute atomic E-state index is 12.0. The van der Waals surface area contributed by atoms with E-state index in [-0.39, 0.29) is 17.6 Å². The van der Waals surface area contributed by atoms with Gasteiger partial charge in [-0.15, -0.1) is 0 Å². The highest BCUT2D eigenvalue weighted by atomic mass is 35.5. The van der Waals surface area contributed by atoms with Crippen molar-refractivity contribution in [2.24, 2.45) is 0 Å². The van der Waals surface area contributed by atoms with Crippen LogP contribution in [0.15, 0.2) is 18.2 Å². The van der Waals surface area contributed by atoms with Crippen molar-refractivity contribution >= 4 is 23.3 Å². The van der Waals surface area contributed by atoms with Crippen LogP contribution in [-0.2, 0) is 9.53 Å². The van der Waals surface area contributed by atoms with E-state index in [9.17, 15) is 4.79 Å². The molecule has 1 aliphatic heterocycles. The molecule has 2 atom stereocenters. The number of ether oxygens (including phenoxy) is 1. The minimum Gasteiger partial charge on any atom is -0.467 e. The van der Waals surface area contributed by atoms with Crippen LogP contribution in [0, 0.1) is 0 Å². The molecular weight excluding hydrogens is 274 g/mol. The minimum absolute atomic E-state index is 0.103. The van der Waals surface area contributed by atoms with Crippen LogP contribution in [0.25, 0.3) is 0 Å². The number of carbonyl (C=O) groups is 1. The smallest absolute Gasteiger partial charge is 0.328 e. The van der Waals surface area contributed by atoms with Crippen molar-refractivity contribution in [3.63, 3.8) is 0 Å². The number of anilines is 1. The van der Waals surface area contributed by atoms with Crippen LogP contribution in [0.4, 0.5) is 5.69 Å². The molecule has 3 nitrogen and oxygen atoms in total. The lowest BCUT2D eigenvalue weighted by Gasteiger charge is -2.49. The fourth-order valence-corrected chi connectivity index (χ4v) is 3.61. The quantitative estimate of drug-likeness (QED) is 0.773. The molecule has 1 aliphatic rings. The van der Waals surface area contributed by atoms with Crippen LogP contribution in [0.5, 0.6) is 0 Å². The molecule has 0 fully saturated rings. The Morgan fingerprint density at radius 2 is 2.15 bits per heavy atom. The molecule has 4 heteroatoms. The summed E-state index contributed by atoms with van der Waals surface area (Å²) < 4.78 is 4.92. The maximum Gasteiger partial charge on any atom is 0.328 e. The zero-order valence-corrected chi connectivity index (χ0v) is 13.5. The third-order valence-electron chi connectivity index (χ3n) is 4.17. The second-order valence-electron chi connectivity index (χ2n) is 6.19. The van der Waals surface area contributed by atoms with Crippen molar-refractivity contribution in [2.75, 3.05) is 12.0 Å². The largest absolute Gasteiger partial charge is 0.467 e. The highest BCUT2D eigenvalue weighted by molar-refractivity contribution is 6.30. The van der Waals surface area contributed by atoms with E-state index in [1.807, 2.05) is 25.1 Å². The molecular formula is C16H22ClNO2. The van der Waals surface area contributed by atoms with Gasteiger partial charge in [0.15, 0.2) is 0 Å². The molecule has 2 rings (SSSR count). The Morgan fingerprint density at radius 3 is 2.75 bits per heavy atom. The summed E-state index contributed by atoms with van der Waals surface area (Å²) in [5.41, 5.74) is 2.18. The fourth-order valence-electron chi connectivity index (χ4n) is 3.43. The summed E-state index contributed by atoms with van der Waals surface area (Å²) in [6.45, 7) is 8.43. The first-order valence-electron chi connectivity index (χ1n) is 6.94. The number of rotatable bonds is 2. The van der Waals surface area contributed by atoms with Gasteiger partial charge in [-0.1, -0.05) is 18.5 Å². The molecule has 1 aromatic carbocycles. The molecule has 0 saturated heterocycles. The fraction of sp³-hybridized carbons (Fsp3) is 0.562. The number of hydrogen-bond donors (Lipinski definition) is 0. The molecule has 110 valence electrons. The highest BCUT2D eigenvalue weighted by Crippen LogP contribution is 2.45. The molecule has 0 spiro atoms. The number of methoxy groups -OCH3 is 1. The molecule has 0 aliphatic carbocycles. The van der Waals surface area contributed by atoms with Crippen molar-refractivity contribution in [1.29, 1.82) is 0 Å². The Hall–Kier alpha value is -1.22. The summed E-state index contributed by atoms with van der Waals surface area (Å²) in [5.74, 6) is 0.202. The molecule has 0 unspecified atom stereocenters. The lowest BCUT2D eigenvalue weighted by atomic mass is 9.79. The van der Waals surface area contributed by atoms with Gasteiger partial charge < -0.3 is 9.64 Å². The van der Waals surface area contributed by atoms with Crippen molar-refractivity contribution in [3.05, 3.63) is 28.8 Å². The standard InChI is InChI=1S/C16H22ClNO2/c1-10-9-16(3,4)18(11(2)15(19)20-5)14-7-6-12(17)8-13(10)14/h6-8,10-11H,9H2,1-5H3/t10-,11-/m0/s1. The summed E-state index contributed by atoms with van der Waals surface area (Å²) in [6.07, 6.45) is 0.974. The maximum atomic E-state index is 12.0. The van der Waals surface area contributed by atoms with Crippen LogP contribution in [-0.4, -0.2) is 24.7 Å². The van der Waals surface area contributed by atoms with Crippen LogP contribution in [0.1, 0.15) is 45.6 Å². The number of halogens is 1. The molecule has 0 bridgehead atoms. The first-order chi connectivity index (χ1) is 9.27. The summed E-state index contributed by atoms with van der Waals surface area (Å²) in [6, 6.07) is 5.58. The van der Waals surface area contributed by atoms with Gasteiger partial charge in [-0.25, -0.2) is 4.79 Å². The highest BCUT2D eigenvalue weighted by Gasteiger charge is 2.41. The van der Waals surface area contributed by atoms with E-state index in [0.717, 1.165) is 17.1 Å². The van der Waals surface area contributed by atoms with Gasteiger partial charge in [-0.05, 0) is 56.9 Å². The molecule has 0 aromatic heterocycles. The lowest BCUT2D eigenvalue weighted by molar-refractivity contribution is -0.142. The topological polar surface area (TPSA) is 29.5 Å². The normalized spacial score (nSPS) is 22.1. The van der Waals surface area contributed by atoms with Crippen LogP contribution >= 0.6 is 11.6 Å². The van der Waals surface area contributed by atoms with E-state index in [1.165, 1.54) is 12.7 Å². The monoisotopic (exact) mass is 295 g/mol. The van der Waals surface area contributed by atoms with Crippen molar-refractivity contribution in [2.45, 2.75) is 51.6 Å². The first kappa shape index (κ1) is 15.2. The summed E-state index contributed by atoms with van der Waals surface area (Å²) in [4.78, 5) is 14.1. The van der Waals surface area contributed by atoms with Gasteiger partial charge in [0.05, 0.1) is 7.11 Å². The first-order valence-corrected chi connectivity index (χ1v) is 7.32. The van der Waals surface area contributed by atoms with Crippen molar-refractivity contribution in [3.8, 4) is 0 Å². The van der Waals surface area contributed by atoms with Crippen molar-refractivity contribution in [1.82, 2.24) is 0 Å². The van der Waals surface area contributed by atoms with E-state index < -0.39 is 0 Å². The lowest BCUT2D eigenvalue weighted by Crippen LogP contribution is -2.55. The number of esters is 1. The second kappa shape index (κ2) is 5.28. The van der Waals surface area contributed by atoms with E-state index >= 15 is 0 Å². The van der Waals surface area contributed by atoms with Gasteiger partial charge in [0.2, 0.25) is 0 Å². The van der Waals surface area contributed by atoms with Gasteiger partial charge in [0, 0.05) is 16.2 Å². The van der Waals surface area contributed by atoms with Gasteiger partial charge in [0.1, 0.15) is 6.04 Å². The molecule has 1 heterocycles. The summed E-state index contributed by atoms with van der Waals surface area (Å²) in [7, 11) is 1.43. The van der Waals surface area contributed by atoms with Crippen LogP contribution in [0.3, 0.4) is 0 Å². The number of carbonyl (C=O) groups excluding carboxylic acids is 1. The van der Waals surface area contributed by atoms with Gasteiger partial charge >= 0.3 is 5.97 Å². The average Bonchev–Trinajstić information content (AvgIpc) is 2.37. The Labute approximate surface area is 125 Å². The third kappa shape index (κ3) is 2.51.